The third-order valence-corrected chi connectivity index (χ3v) is 3.25. The molecule has 3 nitrogen and oxygen atoms in total. The maximum Gasteiger partial charge on any atom is 0.125 e. The molecule has 0 fully saturated rings. The molecule has 106 valence electrons. The summed E-state index contributed by atoms with van der Waals surface area (Å²) in [6, 6.07) is 14.0. The first-order valence-corrected chi connectivity index (χ1v) is 6.72. The molecule has 0 aromatic heterocycles. The van der Waals surface area contributed by atoms with Crippen molar-refractivity contribution in [1.82, 2.24) is 0 Å². The van der Waals surface area contributed by atoms with Crippen LogP contribution in [-0.2, 0) is 6.61 Å². The van der Waals surface area contributed by atoms with Crippen LogP contribution in [0, 0.1) is 6.92 Å². The van der Waals surface area contributed by atoms with Gasteiger partial charge in [0.2, 0.25) is 0 Å². The van der Waals surface area contributed by atoms with Crippen molar-refractivity contribution in [2.24, 2.45) is 5.73 Å². The van der Waals surface area contributed by atoms with Crippen LogP contribution < -0.4 is 15.2 Å². The fourth-order valence-corrected chi connectivity index (χ4v) is 1.99. The van der Waals surface area contributed by atoms with E-state index in [2.05, 4.69) is 6.92 Å². The van der Waals surface area contributed by atoms with Crippen molar-refractivity contribution >= 4 is 0 Å². The predicted octanol–water partition coefficient (Wildman–Crippen LogP) is 3.60. The molecular weight excluding hydrogens is 250 g/mol. The molecule has 20 heavy (non-hydrogen) atoms. The van der Waals surface area contributed by atoms with Gasteiger partial charge in [-0.05, 0) is 43.7 Å². The molecule has 0 aliphatic rings. The van der Waals surface area contributed by atoms with Gasteiger partial charge in [0.05, 0.1) is 7.11 Å². The van der Waals surface area contributed by atoms with E-state index < -0.39 is 0 Å². The SMILES string of the molecule is COc1ccc(C(C)N)cc1COc1ccc(C)cc1. The molecule has 0 aliphatic carbocycles. The van der Waals surface area contributed by atoms with Crippen LogP contribution in [-0.4, -0.2) is 7.11 Å². The molecule has 2 N–H and O–H groups in total. The van der Waals surface area contributed by atoms with Crippen LogP contribution in [0.2, 0.25) is 0 Å². The smallest absolute Gasteiger partial charge is 0.125 e. The molecule has 0 radical (unpaired) electrons. The lowest BCUT2D eigenvalue weighted by Gasteiger charge is -2.13. The Bertz CT molecular complexity index is 562. The second kappa shape index (κ2) is 6.44. The second-order valence-electron chi connectivity index (χ2n) is 4.96. The highest BCUT2D eigenvalue weighted by Crippen LogP contribution is 2.24. The summed E-state index contributed by atoms with van der Waals surface area (Å²) in [6.07, 6.45) is 0. The number of hydrogen-bond acceptors (Lipinski definition) is 3. The van der Waals surface area contributed by atoms with E-state index in [1.54, 1.807) is 7.11 Å². The van der Waals surface area contributed by atoms with Crippen LogP contribution in [0.25, 0.3) is 0 Å². The molecular formula is C17H21NO2. The molecule has 0 saturated carbocycles. The highest BCUT2D eigenvalue weighted by molar-refractivity contribution is 5.38. The maximum absolute atomic E-state index is 5.92. The van der Waals surface area contributed by atoms with E-state index >= 15 is 0 Å². The van der Waals surface area contributed by atoms with Crippen molar-refractivity contribution in [3.05, 3.63) is 59.2 Å². The number of nitrogens with two attached hydrogens (primary N) is 1. The summed E-state index contributed by atoms with van der Waals surface area (Å²) in [5.74, 6) is 1.67. The summed E-state index contributed by atoms with van der Waals surface area (Å²) in [5, 5.41) is 0. The Hall–Kier alpha value is -2.00. The molecule has 0 bridgehead atoms. The van der Waals surface area contributed by atoms with Crippen LogP contribution >= 0.6 is 0 Å². The average molecular weight is 271 g/mol. The molecule has 0 aliphatic heterocycles. The molecule has 0 spiro atoms. The standard InChI is InChI=1S/C17H21NO2/c1-12-4-7-16(8-5-12)20-11-15-10-14(13(2)18)6-9-17(15)19-3/h4-10,13H,11,18H2,1-3H3. The molecule has 1 unspecified atom stereocenters. The van der Waals surface area contributed by atoms with Crippen LogP contribution in [0.15, 0.2) is 42.5 Å². The first-order valence-electron chi connectivity index (χ1n) is 6.72. The summed E-state index contributed by atoms with van der Waals surface area (Å²) < 4.78 is 11.2. The van der Waals surface area contributed by atoms with Crippen molar-refractivity contribution in [3.8, 4) is 11.5 Å². The number of methoxy groups -OCH3 is 1. The number of benzene rings is 2. The van der Waals surface area contributed by atoms with Crippen molar-refractivity contribution in [2.75, 3.05) is 7.11 Å². The molecule has 2 aromatic rings. The molecule has 1 atom stereocenters. The minimum absolute atomic E-state index is 0.000897. The van der Waals surface area contributed by atoms with Gasteiger partial charge in [-0.3, -0.25) is 0 Å². The van der Waals surface area contributed by atoms with Gasteiger partial charge in [-0.2, -0.15) is 0 Å². The van der Waals surface area contributed by atoms with Gasteiger partial charge >= 0.3 is 0 Å². The highest BCUT2D eigenvalue weighted by atomic mass is 16.5. The van der Waals surface area contributed by atoms with Gasteiger partial charge in [0, 0.05) is 11.6 Å². The van der Waals surface area contributed by atoms with Gasteiger partial charge in [-0.15, -0.1) is 0 Å². The van der Waals surface area contributed by atoms with Gasteiger partial charge in [0.1, 0.15) is 18.1 Å². The zero-order chi connectivity index (χ0) is 14.5. The highest BCUT2D eigenvalue weighted by Gasteiger charge is 2.08. The minimum atomic E-state index is -0.000897. The van der Waals surface area contributed by atoms with Crippen LogP contribution in [0.4, 0.5) is 0 Å². The Balaban J connectivity index is 2.14. The molecule has 0 amide bonds. The third kappa shape index (κ3) is 3.52. The first-order chi connectivity index (χ1) is 9.60. The van der Waals surface area contributed by atoms with Gasteiger partial charge in [0.15, 0.2) is 0 Å². The number of ether oxygens (including phenoxy) is 2. The average Bonchev–Trinajstić information content (AvgIpc) is 2.46. The topological polar surface area (TPSA) is 44.5 Å². The zero-order valence-corrected chi connectivity index (χ0v) is 12.2. The van der Waals surface area contributed by atoms with Crippen molar-refractivity contribution in [2.45, 2.75) is 26.5 Å². The molecule has 2 aromatic carbocycles. The summed E-state index contributed by atoms with van der Waals surface area (Å²) >= 11 is 0. The van der Waals surface area contributed by atoms with E-state index in [0.717, 1.165) is 22.6 Å². The molecule has 0 heterocycles. The third-order valence-electron chi connectivity index (χ3n) is 3.25. The summed E-state index contributed by atoms with van der Waals surface area (Å²) in [6.45, 7) is 4.48. The Morgan fingerprint density at radius 2 is 1.80 bits per heavy atom. The van der Waals surface area contributed by atoms with Gasteiger partial charge in [0.25, 0.3) is 0 Å². The van der Waals surface area contributed by atoms with Crippen LogP contribution in [0.3, 0.4) is 0 Å². The zero-order valence-electron chi connectivity index (χ0n) is 12.2. The Morgan fingerprint density at radius 1 is 1.10 bits per heavy atom. The lowest BCUT2D eigenvalue weighted by atomic mass is 10.1. The van der Waals surface area contributed by atoms with Gasteiger partial charge in [-0.25, -0.2) is 0 Å². The molecule has 2 rings (SSSR count). The van der Waals surface area contributed by atoms with E-state index in [4.69, 9.17) is 15.2 Å². The molecule has 3 heteroatoms. The predicted molar refractivity (Wildman–Crippen MR) is 81.1 cm³/mol. The van der Waals surface area contributed by atoms with E-state index in [1.165, 1.54) is 5.56 Å². The van der Waals surface area contributed by atoms with Crippen LogP contribution in [0.5, 0.6) is 11.5 Å². The summed E-state index contributed by atoms with van der Waals surface area (Å²) in [5.41, 5.74) is 9.21. The van der Waals surface area contributed by atoms with Crippen LogP contribution in [0.1, 0.15) is 29.7 Å². The number of hydrogen-bond donors (Lipinski definition) is 1. The van der Waals surface area contributed by atoms with E-state index in [1.807, 2.05) is 49.4 Å². The Labute approximate surface area is 120 Å². The van der Waals surface area contributed by atoms with E-state index in [0.29, 0.717) is 6.61 Å². The Kier molecular flexibility index (Phi) is 4.64. The fourth-order valence-electron chi connectivity index (χ4n) is 1.99. The molecule has 0 saturated heterocycles. The fraction of sp³-hybridized carbons (Fsp3) is 0.294. The summed E-state index contributed by atoms with van der Waals surface area (Å²) in [4.78, 5) is 0. The van der Waals surface area contributed by atoms with Crippen molar-refractivity contribution in [1.29, 1.82) is 0 Å². The maximum atomic E-state index is 5.92. The minimum Gasteiger partial charge on any atom is -0.496 e. The summed E-state index contributed by atoms with van der Waals surface area (Å²) in [7, 11) is 1.66. The lowest BCUT2D eigenvalue weighted by molar-refractivity contribution is 0.296. The normalized spacial score (nSPS) is 12.0. The lowest BCUT2D eigenvalue weighted by Crippen LogP contribution is -2.07. The Morgan fingerprint density at radius 3 is 2.40 bits per heavy atom. The number of rotatable bonds is 5. The monoisotopic (exact) mass is 271 g/mol. The van der Waals surface area contributed by atoms with E-state index in [9.17, 15) is 0 Å². The van der Waals surface area contributed by atoms with Gasteiger partial charge < -0.3 is 15.2 Å². The first kappa shape index (κ1) is 14.4. The van der Waals surface area contributed by atoms with Crippen molar-refractivity contribution < 1.29 is 9.47 Å². The van der Waals surface area contributed by atoms with Gasteiger partial charge in [-0.1, -0.05) is 23.8 Å². The largest absolute Gasteiger partial charge is 0.496 e. The van der Waals surface area contributed by atoms with Crippen molar-refractivity contribution in [3.63, 3.8) is 0 Å². The number of aryl methyl sites for hydroxylation is 1. The quantitative estimate of drug-likeness (QED) is 0.903. The second-order valence-corrected chi connectivity index (χ2v) is 4.96. The van der Waals surface area contributed by atoms with E-state index in [-0.39, 0.29) is 6.04 Å².